The highest BCUT2D eigenvalue weighted by atomic mass is 16.2. The predicted octanol–water partition coefficient (Wildman–Crippen LogP) is 1.74. The van der Waals surface area contributed by atoms with Crippen LogP contribution >= 0.6 is 0 Å². The van der Waals surface area contributed by atoms with E-state index in [1.807, 2.05) is 36.9 Å². The molecule has 1 N–H and O–H groups in total. The van der Waals surface area contributed by atoms with E-state index in [9.17, 15) is 4.79 Å². The van der Waals surface area contributed by atoms with Gasteiger partial charge in [-0.25, -0.2) is 0 Å². The van der Waals surface area contributed by atoms with E-state index in [1.165, 1.54) is 0 Å². The lowest BCUT2D eigenvalue weighted by Gasteiger charge is -2.34. The second kappa shape index (κ2) is 4.88. The SMILES string of the molecule is Cc1cccc(C)c1C(=O)N1CCNCC1C. The summed E-state index contributed by atoms with van der Waals surface area (Å²) in [5.41, 5.74) is 3.02. The summed E-state index contributed by atoms with van der Waals surface area (Å²) in [6, 6.07) is 6.29. The summed E-state index contributed by atoms with van der Waals surface area (Å²) < 4.78 is 0. The van der Waals surface area contributed by atoms with Crippen molar-refractivity contribution in [2.45, 2.75) is 26.8 Å². The molecular formula is C14H20N2O. The van der Waals surface area contributed by atoms with Gasteiger partial charge in [0.05, 0.1) is 0 Å². The highest BCUT2D eigenvalue weighted by molar-refractivity contribution is 5.97. The van der Waals surface area contributed by atoms with Gasteiger partial charge in [0.25, 0.3) is 5.91 Å². The van der Waals surface area contributed by atoms with Gasteiger partial charge in [-0.1, -0.05) is 18.2 Å². The highest BCUT2D eigenvalue weighted by Crippen LogP contribution is 2.17. The molecule has 1 atom stereocenters. The smallest absolute Gasteiger partial charge is 0.254 e. The average Bonchev–Trinajstić information content (AvgIpc) is 2.29. The maximum Gasteiger partial charge on any atom is 0.254 e. The van der Waals surface area contributed by atoms with Crippen molar-refractivity contribution in [3.63, 3.8) is 0 Å². The lowest BCUT2D eigenvalue weighted by atomic mass is 10.0. The Balaban J connectivity index is 2.30. The monoisotopic (exact) mass is 232 g/mol. The van der Waals surface area contributed by atoms with E-state index < -0.39 is 0 Å². The number of nitrogens with one attached hydrogen (secondary N) is 1. The van der Waals surface area contributed by atoms with Crippen LogP contribution in [0.25, 0.3) is 0 Å². The fourth-order valence-electron chi connectivity index (χ4n) is 2.44. The van der Waals surface area contributed by atoms with E-state index in [4.69, 9.17) is 0 Å². The number of piperazine rings is 1. The maximum atomic E-state index is 12.5. The van der Waals surface area contributed by atoms with Gasteiger partial charge < -0.3 is 10.2 Å². The molecule has 1 fully saturated rings. The second-order valence-corrected chi connectivity index (χ2v) is 4.82. The third-order valence-electron chi connectivity index (χ3n) is 3.46. The number of nitrogens with zero attached hydrogens (tertiary/aromatic N) is 1. The van der Waals surface area contributed by atoms with Crippen LogP contribution in [-0.4, -0.2) is 36.5 Å². The molecule has 0 saturated carbocycles. The third kappa shape index (κ3) is 2.34. The molecule has 1 saturated heterocycles. The number of rotatable bonds is 1. The Labute approximate surface area is 103 Å². The van der Waals surface area contributed by atoms with Gasteiger partial charge in [-0.05, 0) is 31.9 Å². The van der Waals surface area contributed by atoms with Crippen LogP contribution in [0.2, 0.25) is 0 Å². The summed E-state index contributed by atoms with van der Waals surface area (Å²) in [6.07, 6.45) is 0. The standard InChI is InChI=1S/C14H20N2O/c1-10-5-4-6-11(2)13(10)14(17)16-8-7-15-9-12(16)3/h4-6,12,15H,7-9H2,1-3H3. The Kier molecular flexibility index (Phi) is 3.48. The normalized spacial score (nSPS) is 20.4. The van der Waals surface area contributed by atoms with Gasteiger partial charge in [-0.3, -0.25) is 4.79 Å². The molecule has 3 nitrogen and oxygen atoms in total. The number of amides is 1. The van der Waals surface area contributed by atoms with Gasteiger partial charge in [0.1, 0.15) is 0 Å². The number of hydrogen-bond acceptors (Lipinski definition) is 2. The average molecular weight is 232 g/mol. The summed E-state index contributed by atoms with van der Waals surface area (Å²) >= 11 is 0. The van der Waals surface area contributed by atoms with E-state index in [2.05, 4.69) is 12.2 Å². The summed E-state index contributed by atoms with van der Waals surface area (Å²) in [4.78, 5) is 14.5. The molecule has 1 aromatic carbocycles. The van der Waals surface area contributed by atoms with E-state index in [-0.39, 0.29) is 11.9 Å². The first-order valence-corrected chi connectivity index (χ1v) is 6.19. The van der Waals surface area contributed by atoms with Gasteiger partial charge in [-0.15, -0.1) is 0 Å². The van der Waals surface area contributed by atoms with Crippen molar-refractivity contribution in [1.29, 1.82) is 0 Å². The first-order valence-electron chi connectivity index (χ1n) is 6.19. The van der Waals surface area contributed by atoms with E-state index in [0.29, 0.717) is 0 Å². The fraction of sp³-hybridized carbons (Fsp3) is 0.500. The Morgan fingerprint density at radius 2 is 2.00 bits per heavy atom. The van der Waals surface area contributed by atoms with Crippen molar-refractivity contribution in [3.05, 3.63) is 34.9 Å². The van der Waals surface area contributed by atoms with Crippen LogP contribution in [0.15, 0.2) is 18.2 Å². The topological polar surface area (TPSA) is 32.3 Å². The highest BCUT2D eigenvalue weighted by Gasteiger charge is 2.25. The van der Waals surface area contributed by atoms with Gasteiger partial charge in [-0.2, -0.15) is 0 Å². The molecule has 1 aromatic rings. The van der Waals surface area contributed by atoms with Crippen molar-refractivity contribution in [2.75, 3.05) is 19.6 Å². The predicted molar refractivity (Wildman–Crippen MR) is 69.3 cm³/mol. The third-order valence-corrected chi connectivity index (χ3v) is 3.46. The zero-order chi connectivity index (χ0) is 12.4. The van der Waals surface area contributed by atoms with Crippen LogP contribution in [0.4, 0.5) is 0 Å². The first-order chi connectivity index (χ1) is 8.11. The molecule has 1 amide bonds. The Bertz CT molecular complexity index is 408. The van der Waals surface area contributed by atoms with E-state index >= 15 is 0 Å². The lowest BCUT2D eigenvalue weighted by Crippen LogP contribution is -2.52. The molecule has 0 spiro atoms. The number of benzene rings is 1. The minimum Gasteiger partial charge on any atom is -0.333 e. The molecule has 17 heavy (non-hydrogen) atoms. The van der Waals surface area contributed by atoms with Crippen molar-refractivity contribution in [1.82, 2.24) is 10.2 Å². The molecule has 1 heterocycles. The van der Waals surface area contributed by atoms with Crippen molar-refractivity contribution in [3.8, 4) is 0 Å². The number of hydrogen-bond donors (Lipinski definition) is 1. The van der Waals surface area contributed by atoms with E-state index in [0.717, 1.165) is 36.3 Å². The van der Waals surface area contributed by atoms with Crippen LogP contribution in [-0.2, 0) is 0 Å². The van der Waals surface area contributed by atoms with Crippen LogP contribution in [0.3, 0.4) is 0 Å². The molecule has 3 heteroatoms. The molecule has 1 aliphatic rings. The summed E-state index contributed by atoms with van der Waals surface area (Å²) in [5, 5.41) is 3.31. The molecule has 0 aliphatic carbocycles. The molecule has 1 aliphatic heterocycles. The summed E-state index contributed by atoms with van der Waals surface area (Å²) in [5.74, 6) is 0.176. The van der Waals surface area contributed by atoms with Gasteiger partial charge >= 0.3 is 0 Å². The van der Waals surface area contributed by atoms with Crippen LogP contribution < -0.4 is 5.32 Å². The molecule has 0 bridgehead atoms. The molecule has 92 valence electrons. The van der Waals surface area contributed by atoms with Crippen LogP contribution in [0, 0.1) is 13.8 Å². The van der Waals surface area contributed by atoms with Gasteiger partial charge in [0, 0.05) is 31.2 Å². The molecule has 2 rings (SSSR count). The van der Waals surface area contributed by atoms with E-state index in [1.54, 1.807) is 0 Å². The zero-order valence-electron chi connectivity index (χ0n) is 10.8. The minimum absolute atomic E-state index is 0.176. The van der Waals surface area contributed by atoms with Gasteiger partial charge in [0.2, 0.25) is 0 Å². The summed E-state index contributed by atoms with van der Waals surface area (Å²) in [6.45, 7) is 8.68. The second-order valence-electron chi connectivity index (χ2n) is 4.82. The number of carbonyl (C=O) groups is 1. The van der Waals surface area contributed by atoms with Crippen LogP contribution in [0.5, 0.6) is 0 Å². The number of carbonyl (C=O) groups excluding carboxylic acids is 1. The fourth-order valence-corrected chi connectivity index (χ4v) is 2.44. The van der Waals surface area contributed by atoms with Crippen molar-refractivity contribution >= 4 is 5.91 Å². The maximum absolute atomic E-state index is 12.5. The Hall–Kier alpha value is -1.35. The minimum atomic E-state index is 0.176. The lowest BCUT2D eigenvalue weighted by molar-refractivity contribution is 0.0654. The molecule has 0 aromatic heterocycles. The van der Waals surface area contributed by atoms with Crippen molar-refractivity contribution in [2.24, 2.45) is 0 Å². The van der Waals surface area contributed by atoms with Gasteiger partial charge in [0.15, 0.2) is 0 Å². The summed E-state index contributed by atoms with van der Waals surface area (Å²) in [7, 11) is 0. The largest absolute Gasteiger partial charge is 0.333 e. The van der Waals surface area contributed by atoms with Crippen molar-refractivity contribution < 1.29 is 4.79 Å². The zero-order valence-corrected chi connectivity index (χ0v) is 10.8. The Morgan fingerprint density at radius 3 is 2.59 bits per heavy atom. The quantitative estimate of drug-likeness (QED) is 0.800. The molecule has 1 unspecified atom stereocenters. The molecular weight excluding hydrogens is 212 g/mol. The Morgan fingerprint density at radius 1 is 1.35 bits per heavy atom. The molecule has 0 radical (unpaired) electrons. The van der Waals surface area contributed by atoms with Crippen LogP contribution in [0.1, 0.15) is 28.4 Å². The number of aryl methyl sites for hydroxylation is 2. The first kappa shape index (κ1) is 12.1.